The summed E-state index contributed by atoms with van der Waals surface area (Å²) in [5.41, 5.74) is 2.24. The zero-order valence-corrected chi connectivity index (χ0v) is 24.6. The molecular weight excluding hydrogens is 500 g/mol. The van der Waals surface area contributed by atoms with Crippen molar-refractivity contribution in [2.45, 2.75) is 109 Å². The molecule has 0 bridgehead atoms. The molecule has 2 aromatic rings. The largest absolute Gasteiger partial charge is 0.409 e. The second-order valence-corrected chi connectivity index (χ2v) is 15.7. The Morgan fingerprint density at radius 3 is 1.71 bits per heavy atom. The smallest absolute Gasteiger partial charge is 0.184 e. The van der Waals surface area contributed by atoms with Crippen molar-refractivity contribution in [3.63, 3.8) is 0 Å². The Hall–Kier alpha value is -1.62. The van der Waals surface area contributed by atoms with Gasteiger partial charge < -0.3 is 32.8 Å². The third kappa shape index (κ3) is 8.44. The van der Waals surface area contributed by atoms with Gasteiger partial charge in [-0.15, -0.1) is 0 Å². The van der Waals surface area contributed by atoms with Crippen LogP contribution in [0.3, 0.4) is 0 Å². The molecule has 2 heterocycles. The molecule has 4 rings (SSSR count). The maximum atomic E-state index is 6.62. The van der Waals surface area contributed by atoms with Crippen molar-refractivity contribution in [2.75, 3.05) is 7.11 Å². The van der Waals surface area contributed by atoms with E-state index in [1.807, 2.05) is 50.2 Å². The molecule has 210 valence electrons. The molecule has 0 saturated carbocycles. The first-order valence-electron chi connectivity index (χ1n) is 13.7. The molecule has 8 heteroatoms. The van der Waals surface area contributed by atoms with Crippen molar-refractivity contribution < 1.29 is 32.8 Å². The second-order valence-electron chi connectivity index (χ2n) is 11.2. The van der Waals surface area contributed by atoms with Crippen LogP contribution < -0.4 is 0 Å². The Labute approximate surface area is 228 Å². The van der Waals surface area contributed by atoms with Gasteiger partial charge in [0, 0.05) is 20.0 Å². The number of benzene rings is 2. The van der Waals surface area contributed by atoms with Gasteiger partial charge in [-0.2, -0.15) is 0 Å². The third-order valence-corrected chi connectivity index (χ3v) is 7.90. The quantitative estimate of drug-likeness (QED) is 0.337. The van der Waals surface area contributed by atoms with E-state index in [0.29, 0.717) is 26.1 Å². The highest BCUT2D eigenvalue weighted by Gasteiger charge is 2.45. The van der Waals surface area contributed by atoms with Crippen molar-refractivity contribution in [1.29, 1.82) is 0 Å². The minimum atomic E-state index is -1.83. The average Bonchev–Trinajstić information content (AvgIpc) is 2.90. The fraction of sp³-hybridized carbons (Fsp3) is 0.600. The molecule has 2 aliphatic rings. The van der Waals surface area contributed by atoms with E-state index in [-0.39, 0.29) is 42.9 Å². The van der Waals surface area contributed by atoms with Crippen LogP contribution in [0, 0.1) is 0 Å². The summed E-state index contributed by atoms with van der Waals surface area (Å²) >= 11 is 0. The van der Waals surface area contributed by atoms with E-state index >= 15 is 0 Å². The lowest BCUT2D eigenvalue weighted by Crippen LogP contribution is -2.56. The highest BCUT2D eigenvalue weighted by Crippen LogP contribution is 2.33. The molecule has 2 aliphatic heterocycles. The van der Waals surface area contributed by atoms with Crippen LogP contribution in [0.25, 0.3) is 0 Å². The number of ether oxygens (including phenoxy) is 6. The molecule has 2 fully saturated rings. The van der Waals surface area contributed by atoms with E-state index < -0.39 is 14.6 Å². The molecular formula is C30H44O7Si. The van der Waals surface area contributed by atoms with Crippen LogP contribution in [0.5, 0.6) is 0 Å². The summed E-state index contributed by atoms with van der Waals surface area (Å²) in [4.78, 5) is 0. The summed E-state index contributed by atoms with van der Waals surface area (Å²) in [6.07, 6.45) is -0.916. The molecule has 0 N–H and O–H groups in total. The SMILES string of the molecule is COC1CC(OCc2ccccc2)C(OC2CC(OCc3ccccc3)C(O[Si](C)(C)C)C(C)O2)C(C)O1. The molecule has 7 nitrogen and oxygen atoms in total. The first-order valence-corrected chi connectivity index (χ1v) is 17.1. The van der Waals surface area contributed by atoms with Gasteiger partial charge in [0.2, 0.25) is 0 Å². The number of methoxy groups -OCH3 is 1. The fourth-order valence-electron chi connectivity index (χ4n) is 5.07. The maximum Gasteiger partial charge on any atom is 0.184 e. The van der Waals surface area contributed by atoms with Gasteiger partial charge >= 0.3 is 0 Å². The summed E-state index contributed by atoms with van der Waals surface area (Å²) in [7, 11) is -0.174. The summed E-state index contributed by atoms with van der Waals surface area (Å²) in [6, 6.07) is 20.4. The van der Waals surface area contributed by atoms with Crippen LogP contribution in [-0.4, -0.2) is 64.6 Å². The topological polar surface area (TPSA) is 64.6 Å². The molecule has 8 atom stereocenters. The Morgan fingerprint density at radius 2 is 1.18 bits per heavy atom. The Kier molecular flexibility index (Phi) is 10.5. The van der Waals surface area contributed by atoms with Crippen LogP contribution in [0.15, 0.2) is 60.7 Å². The molecule has 2 aromatic carbocycles. The monoisotopic (exact) mass is 544 g/mol. The lowest BCUT2D eigenvalue weighted by molar-refractivity contribution is -0.315. The van der Waals surface area contributed by atoms with E-state index in [9.17, 15) is 0 Å². The van der Waals surface area contributed by atoms with E-state index in [4.69, 9.17) is 32.8 Å². The van der Waals surface area contributed by atoms with Gasteiger partial charge in [0.25, 0.3) is 0 Å². The van der Waals surface area contributed by atoms with Crippen LogP contribution >= 0.6 is 0 Å². The molecule has 0 amide bonds. The van der Waals surface area contributed by atoms with Crippen LogP contribution in [-0.2, 0) is 46.1 Å². The zero-order valence-electron chi connectivity index (χ0n) is 23.6. The number of hydrogen-bond acceptors (Lipinski definition) is 7. The number of rotatable bonds is 11. The molecule has 0 aliphatic carbocycles. The predicted octanol–water partition coefficient (Wildman–Crippen LogP) is 5.68. The third-order valence-electron chi connectivity index (χ3n) is 6.92. The van der Waals surface area contributed by atoms with Crippen LogP contribution in [0.2, 0.25) is 19.6 Å². The zero-order chi connectivity index (χ0) is 27.1. The van der Waals surface area contributed by atoms with Gasteiger partial charge in [0.15, 0.2) is 20.9 Å². The normalized spacial score (nSPS) is 32.3. The lowest BCUT2D eigenvalue weighted by atomic mass is 10.00. The van der Waals surface area contributed by atoms with Crippen LogP contribution in [0.4, 0.5) is 0 Å². The molecule has 0 aromatic heterocycles. The molecule has 38 heavy (non-hydrogen) atoms. The molecule has 2 saturated heterocycles. The minimum absolute atomic E-state index is 0.159. The van der Waals surface area contributed by atoms with Crippen molar-refractivity contribution in [3.8, 4) is 0 Å². The van der Waals surface area contributed by atoms with Crippen molar-refractivity contribution in [3.05, 3.63) is 71.8 Å². The van der Waals surface area contributed by atoms with Crippen molar-refractivity contribution in [1.82, 2.24) is 0 Å². The summed E-state index contributed by atoms with van der Waals surface area (Å²) in [5, 5.41) is 0. The highest BCUT2D eigenvalue weighted by atomic mass is 28.4. The van der Waals surface area contributed by atoms with E-state index in [1.165, 1.54) is 0 Å². The van der Waals surface area contributed by atoms with Gasteiger partial charge in [-0.25, -0.2) is 0 Å². The minimum Gasteiger partial charge on any atom is -0.409 e. The highest BCUT2D eigenvalue weighted by molar-refractivity contribution is 6.69. The molecule has 0 radical (unpaired) electrons. The van der Waals surface area contributed by atoms with Gasteiger partial charge in [0.05, 0.1) is 43.7 Å². The van der Waals surface area contributed by atoms with Gasteiger partial charge in [0.1, 0.15) is 6.10 Å². The standard InChI is InChI=1S/C30H44O7Si/c1-21-29(25(17-27(31-3)34-21)32-19-23-13-9-7-10-14-23)36-28-18-26(33-20-24-15-11-8-12-16-24)30(22(2)35-28)37-38(4,5)6/h7-16,21-22,25-30H,17-20H2,1-6H3. The Bertz CT molecular complexity index is 954. The first kappa shape index (κ1) is 29.4. The van der Waals surface area contributed by atoms with Crippen LogP contribution in [0.1, 0.15) is 37.8 Å². The number of hydrogen-bond donors (Lipinski definition) is 0. The first-order chi connectivity index (χ1) is 18.2. The van der Waals surface area contributed by atoms with E-state index in [2.05, 4.69) is 43.9 Å². The Morgan fingerprint density at radius 1 is 0.711 bits per heavy atom. The lowest BCUT2D eigenvalue weighted by Gasteiger charge is -2.46. The summed E-state index contributed by atoms with van der Waals surface area (Å²) in [6.45, 7) is 11.6. The van der Waals surface area contributed by atoms with E-state index in [0.717, 1.165) is 11.1 Å². The average molecular weight is 545 g/mol. The summed E-state index contributed by atoms with van der Waals surface area (Å²) < 4.78 is 44.0. The Balaban J connectivity index is 1.45. The molecule has 0 spiro atoms. The van der Waals surface area contributed by atoms with E-state index in [1.54, 1.807) is 7.11 Å². The predicted molar refractivity (Wildman–Crippen MR) is 148 cm³/mol. The summed E-state index contributed by atoms with van der Waals surface area (Å²) in [5.74, 6) is 0. The fourth-order valence-corrected chi connectivity index (χ4v) is 6.23. The van der Waals surface area contributed by atoms with Crippen molar-refractivity contribution in [2.24, 2.45) is 0 Å². The molecule has 8 unspecified atom stereocenters. The van der Waals surface area contributed by atoms with Gasteiger partial charge in [-0.05, 0) is 44.6 Å². The van der Waals surface area contributed by atoms with Gasteiger partial charge in [-0.3, -0.25) is 0 Å². The van der Waals surface area contributed by atoms with Crippen molar-refractivity contribution >= 4 is 8.32 Å². The second kappa shape index (κ2) is 13.6. The maximum absolute atomic E-state index is 6.62. The van der Waals surface area contributed by atoms with Gasteiger partial charge in [-0.1, -0.05) is 60.7 Å².